The molecule has 0 bridgehead atoms. The van der Waals surface area contributed by atoms with E-state index in [2.05, 4.69) is 20.5 Å². The van der Waals surface area contributed by atoms with Crippen LogP contribution in [0.5, 0.6) is 0 Å². The van der Waals surface area contributed by atoms with Crippen molar-refractivity contribution in [3.8, 4) is 5.00 Å². The maximum atomic E-state index is 11.2. The SMILES string of the molecule is Cc1nnc2n1-c1sccc1C(c1ccccc1)=NC2NC(=O)O. The molecule has 2 N–H and O–H groups in total. The largest absolute Gasteiger partial charge is 0.465 e. The van der Waals surface area contributed by atoms with Crippen LogP contribution in [0.15, 0.2) is 46.8 Å². The van der Waals surface area contributed by atoms with Crippen molar-refractivity contribution in [2.45, 2.75) is 13.1 Å². The lowest BCUT2D eigenvalue weighted by atomic mass is 10.0. The molecule has 24 heavy (non-hydrogen) atoms. The number of carbonyl (C=O) groups is 1. The fourth-order valence-corrected chi connectivity index (χ4v) is 3.71. The number of nitrogens with one attached hydrogen (secondary N) is 1. The quantitative estimate of drug-likeness (QED) is 0.751. The minimum Gasteiger partial charge on any atom is -0.465 e. The van der Waals surface area contributed by atoms with E-state index in [1.807, 2.05) is 53.3 Å². The first-order chi connectivity index (χ1) is 11.6. The number of thiophene rings is 1. The van der Waals surface area contributed by atoms with Gasteiger partial charge in [-0.05, 0) is 18.4 Å². The number of nitrogens with zero attached hydrogens (tertiary/aromatic N) is 4. The van der Waals surface area contributed by atoms with Gasteiger partial charge in [0.15, 0.2) is 12.0 Å². The van der Waals surface area contributed by atoms with Gasteiger partial charge in [0.1, 0.15) is 10.8 Å². The number of amides is 1. The van der Waals surface area contributed by atoms with E-state index in [0.717, 1.165) is 21.8 Å². The Hall–Kier alpha value is -3.00. The van der Waals surface area contributed by atoms with Crippen molar-refractivity contribution in [1.29, 1.82) is 0 Å². The van der Waals surface area contributed by atoms with Crippen molar-refractivity contribution in [3.63, 3.8) is 0 Å². The maximum Gasteiger partial charge on any atom is 0.406 e. The molecule has 1 aromatic carbocycles. The average molecular weight is 339 g/mol. The molecule has 1 unspecified atom stereocenters. The van der Waals surface area contributed by atoms with Crippen molar-refractivity contribution < 1.29 is 9.90 Å². The fraction of sp³-hybridized carbons (Fsp3) is 0.125. The highest BCUT2D eigenvalue weighted by atomic mass is 32.1. The lowest BCUT2D eigenvalue weighted by Gasteiger charge is -2.11. The molecule has 8 heteroatoms. The van der Waals surface area contributed by atoms with Gasteiger partial charge in [-0.1, -0.05) is 30.3 Å². The number of aryl methyl sites for hydroxylation is 1. The molecule has 0 aliphatic carbocycles. The number of fused-ring (bicyclic) bond motifs is 3. The zero-order chi connectivity index (χ0) is 16.7. The molecule has 3 aromatic rings. The summed E-state index contributed by atoms with van der Waals surface area (Å²) in [6.07, 6.45) is -1.98. The Morgan fingerprint density at radius 1 is 1.25 bits per heavy atom. The molecule has 1 aliphatic heterocycles. The van der Waals surface area contributed by atoms with Crippen LogP contribution in [0.3, 0.4) is 0 Å². The highest BCUT2D eigenvalue weighted by Crippen LogP contribution is 2.32. The van der Waals surface area contributed by atoms with E-state index in [1.54, 1.807) is 11.3 Å². The topological polar surface area (TPSA) is 92.4 Å². The molecule has 1 amide bonds. The van der Waals surface area contributed by atoms with Crippen LogP contribution in [0.1, 0.15) is 28.9 Å². The third-order valence-electron chi connectivity index (χ3n) is 3.76. The molecule has 0 spiro atoms. The summed E-state index contributed by atoms with van der Waals surface area (Å²) in [5.41, 5.74) is 2.59. The molecule has 0 radical (unpaired) electrons. The van der Waals surface area contributed by atoms with E-state index >= 15 is 0 Å². The second kappa shape index (κ2) is 5.57. The number of carboxylic acid groups (broad SMARTS) is 1. The van der Waals surface area contributed by atoms with Gasteiger partial charge in [0.2, 0.25) is 0 Å². The number of hydrogen-bond donors (Lipinski definition) is 2. The van der Waals surface area contributed by atoms with Gasteiger partial charge in [0, 0.05) is 11.1 Å². The summed E-state index contributed by atoms with van der Waals surface area (Å²) in [6, 6.07) is 11.7. The zero-order valence-electron chi connectivity index (χ0n) is 12.7. The Labute approximate surface area is 141 Å². The van der Waals surface area contributed by atoms with Gasteiger partial charge >= 0.3 is 6.09 Å². The molecular formula is C16H13N5O2S. The lowest BCUT2D eigenvalue weighted by molar-refractivity contribution is 0.189. The molecule has 0 saturated carbocycles. The minimum absolute atomic E-state index is 0.463. The van der Waals surface area contributed by atoms with E-state index in [9.17, 15) is 9.90 Å². The third kappa shape index (κ3) is 2.28. The third-order valence-corrected chi connectivity index (χ3v) is 4.66. The summed E-state index contributed by atoms with van der Waals surface area (Å²) in [4.78, 5) is 15.9. The monoisotopic (exact) mass is 339 g/mol. The van der Waals surface area contributed by atoms with Crippen molar-refractivity contribution in [2.24, 2.45) is 4.99 Å². The van der Waals surface area contributed by atoms with Gasteiger partial charge in [0.05, 0.1) is 5.71 Å². The highest BCUT2D eigenvalue weighted by Gasteiger charge is 2.29. The second-order valence-electron chi connectivity index (χ2n) is 5.28. The van der Waals surface area contributed by atoms with Crippen LogP contribution in [0.4, 0.5) is 4.79 Å². The maximum absolute atomic E-state index is 11.2. The van der Waals surface area contributed by atoms with E-state index in [4.69, 9.17) is 0 Å². The number of benzene rings is 1. The average Bonchev–Trinajstić information content (AvgIpc) is 3.15. The number of aromatic nitrogens is 3. The summed E-state index contributed by atoms with van der Waals surface area (Å²) < 4.78 is 1.86. The molecule has 0 saturated heterocycles. The van der Waals surface area contributed by atoms with E-state index in [1.165, 1.54) is 0 Å². The van der Waals surface area contributed by atoms with E-state index in [0.29, 0.717) is 11.6 Å². The van der Waals surface area contributed by atoms with Gasteiger partial charge in [-0.15, -0.1) is 21.5 Å². The van der Waals surface area contributed by atoms with Gasteiger partial charge in [-0.25, -0.2) is 4.79 Å². The summed E-state index contributed by atoms with van der Waals surface area (Å²) in [5.74, 6) is 1.15. The first-order valence-corrected chi connectivity index (χ1v) is 8.16. The Morgan fingerprint density at radius 2 is 2.04 bits per heavy atom. The molecule has 3 heterocycles. The molecule has 0 fully saturated rings. The Bertz CT molecular complexity index is 945. The van der Waals surface area contributed by atoms with Crippen LogP contribution in [0.25, 0.3) is 5.00 Å². The second-order valence-corrected chi connectivity index (χ2v) is 6.17. The van der Waals surface area contributed by atoms with Crippen LogP contribution in [-0.4, -0.2) is 31.7 Å². The first kappa shape index (κ1) is 14.6. The Kier molecular flexibility index (Phi) is 3.39. The standard InChI is InChI=1S/C16H13N5O2S/c1-9-19-20-14-13(18-16(22)23)17-12(10-5-3-2-4-6-10)11-7-8-24-15(11)21(9)14/h2-8,13,18H,1H3,(H,22,23). The molecule has 1 aliphatic rings. The number of aliphatic imine (C=N–C) groups is 1. The van der Waals surface area contributed by atoms with Crippen LogP contribution in [-0.2, 0) is 0 Å². The fourth-order valence-electron chi connectivity index (χ4n) is 2.76. The predicted octanol–water partition coefficient (Wildman–Crippen LogP) is 2.75. The van der Waals surface area contributed by atoms with Crippen molar-refractivity contribution >= 4 is 23.1 Å². The van der Waals surface area contributed by atoms with Crippen molar-refractivity contribution in [2.75, 3.05) is 0 Å². The highest BCUT2D eigenvalue weighted by molar-refractivity contribution is 7.13. The Balaban J connectivity index is 1.98. The molecule has 2 aromatic heterocycles. The zero-order valence-corrected chi connectivity index (χ0v) is 13.5. The number of hydrogen-bond acceptors (Lipinski definition) is 5. The van der Waals surface area contributed by atoms with Crippen LogP contribution >= 0.6 is 11.3 Å². The lowest BCUT2D eigenvalue weighted by Crippen LogP contribution is -2.27. The predicted molar refractivity (Wildman–Crippen MR) is 90.0 cm³/mol. The molecular weight excluding hydrogens is 326 g/mol. The van der Waals surface area contributed by atoms with E-state index < -0.39 is 12.3 Å². The molecule has 7 nitrogen and oxygen atoms in total. The van der Waals surface area contributed by atoms with Gasteiger partial charge in [-0.2, -0.15) is 0 Å². The normalized spacial score (nSPS) is 15.9. The van der Waals surface area contributed by atoms with Crippen molar-refractivity contribution in [3.05, 3.63) is 64.6 Å². The first-order valence-electron chi connectivity index (χ1n) is 7.28. The van der Waals surface area contributed by atoms with E-state index in [-0.39, 0.29) is 0 Å². The van der Waals surface area contributed by atoms with Crippen LogP contribution in [0, 0.1) is 6.92 Å². The minimum atomic E-state index is -1.16. The van der Waals surface area contributed by atoms with Crippen LogP contribution in [0.2, 0.25) is 0 Å². The van der Waals surface area contributed by atoms with Crippen LogP contribution < -0.4 is 5.32 Å². The summed E-state index contributed by atoms with van der Waals surface area (Å²) in [5, 5.41) is 22.8. The van der Waals surface area contributed by atoms with Gasteiger partial charge < -0.3 is 5.11 Å². The van der Waals surface area contributed by atoms with Crippen molar-refractivity contribution in [1.82, 2.24) is 20.1 Å². The smallest absolute Gasteiger partial charge is 0.406 e. The molecule has 4 rings (SSSR count). The number of rotatable bonds is 2. The van der Waals surface area contributed by atoms with Gasteiger partial charge in [0.25, 0.3) is 0 Å². The summed E-state index contributed by atoms with van der Waals surface area (Å²) >= 11 is 1.55. The van der Waals surface area contributed by atoms with Gasteiger partial charge in [-0.3, -0.25) is 14.9 Å². The summed E-state index contributed by atoms with van der Waals surface area (Å²) in [6.45, 7) is 1.84. The Morgan fingerprint density at radius 3 is 2.79 bits per heavy atom. The molecule has 120 valence electrons. The summed E-state index contributed by atoms with van der Waals surface area (Å²) in [7, 11) is 0. The molecule has 1 atom stereocenters.